The first-order chi connectivity index (χ1) is 1.41. The molecule has 0 bridgehead atoms. The van der Waals surface area contributed by atoms with Gasteiger partial charge in [-0.25, -0.2) is 0 Å². The molecule has 0 aliphatic heterocycles. The third kappa shape index (κ3) is 71.8. The van der Waals surface area contributed by atoms with Crippen LogP contribution in [0.5, 0.6) is 0 Å². The molecule has 0 atom stereocenters. The van der Waals surface area contributed by atoms with Crippen molar-refractivity contribution in [3.63, 3.8) is 0 Å². The maximum absolute atomic E-state index is 7.57. The van der Waals surface area contributed by atoms with Gasteiger partial charge in [0.25, 0.3) is 0 Å². The van der Waals surface area contributed by atoms with Crippen molar-refractivity contribution in [1.82, 2.24) is 6.15 Å². The van der Waals surface area contributed by atoms with Crippen LogP contribution >= 0.6 is 0 Å². The minimum atomic E-state index is 0. The fourth-order valence-electron chi connectivity index (χ4n) is 0. The van der Waals surface area contributed by atoms with Crippen molar-refractivity contribution in [3.05, 3.63) is 0 Å². The second kappa shape index (κ2) is 22.4. The van der Waals surface area contributed by atoms with Gasteiger partial charge in [-0.2, -0.15) is 0 Å². The van der Waals surface area contributed by atoms with Crippen molar-refractivity contribution in [3.8, 4) is 0 Å². The average molecular weight is 89.4 g/mol. The minimum Gasteiger partial charge on any atom is -0.397 e. The summed E-state index contributed by atoms with van der Waals surface area (Å²) in [6.45, 7) is 1.93. The van der Waals surface area contributed by atoms with Crippen LogP contribution in [0.3, 0.4) is 0 Å². The normalized spacial score (nSPS) is 3.60. The van der Waals surface area contributed by atoms with Crippen molar-refractivity contribution < 1.29 is 5.11 Å². The van der Waals surface area contributed by atoms with Crippen molar-refractivity contribution in [2.45, 2.75) is 6.92 Å². The highest BCUT2D eigenvalue weighted by atomic mass is 24.3. The van der Waals surface area contributed by atoms with Crippen LogP contribution in [0.4, 0.5) is 0 Å². The molecule has 2 nitrogen and oxygen atoms in total. The molecule has 0 aromatic heterocycles. The van der Waals surface area contributed by atoms with Gasteiger partial charge in [0.05, 0.1) is 0 Å². The minimum absolute atomic E-state index is 0. The highest BCUT2D eigenvalue weighted by Gasteiger charge is 1.34. The third-order valence-electron chi connectivity index (χ3n) is 0. The molecule has 0 saturated heterocycles. The Balaban J connectivity index is -0.0000000200. The Morgan fingerprint density at radius 3 is 1.60 bits per heavy atom. The largest absolute Gasteiger partial charge is 0.397 e. The molecule has 0 radical (unpaired) electrons. The average Bonchev–Trinajstić information content (AvgIpc) is 0.918. The molecule has 0 aromatic carbocycles. The quantitative estimate of drug-likeness (QED) is 0.384. The Morgan fingerprint density at radius 1 is 1.60 bits per heavy atom. The van der Waals surface area contributed by atoms with Gasteiger partial charge in [-0.1, -0.05) is 0 Å². The van der Waals surface area contributed by atoms with E-state index in [2.05, 4.69) is 0 Å². The standard InChI is InChI=1S/C2H6O.Mg.H3N.2H/c1-2-3;;;;/h3H,2H2,1H3;;1H3;;. The third-order valence-corrected chi connectivity index (χ3v) is 0. The molecule has 0 amide bonds. The summed E-state index contributed by atoms with van der Waals surface area (Å²) in [5.74, 6) is 0. The molecule has 0 aromatic rings. The zero-order valence-electron chi connectivity index (χ0n) is 2.86. The lowest BCUT2D eigenvalue weighted by molar-refractivity contribution is 0.318. The summed E-state index contributed by atoms with van der Waals surface area (Å²) in [4.78, 5) is 0. The molecular formula is C2H11MgNO. The van der Waals surface area contributed by atoms with E-state index in [4.69, 9.17) is 5.11 Å². The van der Waals surface area contributed by atoms with Gasteiger partial charge in [0.1, 0.15) is 0 Å². The molecule has 5 heavy (non-hydrogen) atoms. The van der Waals surface area contributed by atoms with Gasteiger partial charge in [-0.3, -0.25) is 0 Å². The first-order valence-electron chi connectivity index (χ1n) is 1.02. The predicted octanol–water partition coefficient (Wildman–Crippen LogP) is -0.756. The van der Waals surface area contributed by atoms with Crippen LogP contribution < -0.4 is 6.15 Å². The molecule has 0 spiro atoms. The lowest BCUT2D eigenvalue weighted by atomic mass is 10.9. The topological polar surface area (TPSA) is 55.2 Å². The zero-order chi connectivity index (χ0) is 2.71. The molecule has 32 valence electrons. The molecule has 0 aliphatic rings. The second-order valence-electron chi connectivity index (χ2n) is 0.316. The zero-order valence-corrected chi connectivity index (χ0v) is 2.86. The summed E-state index contributed by atoms with van der Waals surface area (Å²) in [5.41, 5.74) is 0. The monoisotopic (exact) mass is 89.1 g/mol. The number of hydrogen-bond donors (Lipinski definition) is 2. The van der Waals surface area contributed by atoms with E-state index in [1.54, 1.807) is 6.92 Å². The number of aliphatic hydroxyl groups is 1. The summed E-state index contributed by atoms with van der Waals surface area (Å²) in [6.07, 6.45) is 0. The van der Waals surface area contributed by atoms with Gasteiger partial charge in [0.15, 0.2) is 0 Å². The van der Waals surface area contributed by atoms with Crippen LogP contribution in [0, 0.1) is 0 Å². The highest BCUT2D eigenvalue weighted by Crippen LogP contribution is 1.30. The molecule has 3 heteroatoms. The van der Waals surface area contributed by atoms with Gasteiger partial charge in [0.2, 0.25) is 0 Å². The SMILES string of the molecule is CCO.N.[MgH2]. The van der Waals surface area contributed by atoms with E-state index in [0.29, 0.717) is 0 Å². The fraction of sp³-hybridized carbons (Fsp3) is 1.00. The lowest BCUT2D eigenvalue weighted by Crippen LogP contribution is -1.57. The second-order valence-corrected chi connectivity index (χ2v) is 0.316. The highest BCUT2D eigenvalue weighted by molar-refractivity contribution is 5.75. The molecular weight excluding hydrogens is 78.3 g/mol. The van der Waals surface area contributed by atoms with Crippen LogP contribution in [-0.2, 0) is 0 Å². The van der Waals surface area contributed by atoms with Gasteiger partial charge in [-0.15, -0.1) is 0 Å². The molecule has 4 N–H and O–H groups in total. The van der Waals surface area contributed by atoms with Crippen molar-refractivity contribution in [2.24, 2.45) is 0 Å². The summed E-state index contributed by atoms with van der Waals surface area (Å²) in [7, 11) is 0. The van der Waals surface area contributed by atoms with Crippen molar-refractivity contribution in [2.75, 3.05) is 6.61 Å². The smallest absolute Gasteiger partial charge is 0.316 e. The summed E-state index contributed by atoms with van der Waals surface area (Å²) in [6, 6.07) is 0. The Labute approximate surface area is 48.3 Å². The Hall–Kier alpha value is 0.686. The first-order valence-corrected chi connectivity index (χ1v) is 1.02. The van der Waals surface area contributed by atoms with E-state index in [1.807, 2.05) is 0 Å². The first kappa shape index (κ1) is 17.3. The van der Waals surface area contributed by atoms with E-state index in [0.717, 1.165) is 0 Å². The van der Waals surface area contributed by atoms with E-state index < -0.39 is 0 Å². The molecule has 0 saturated carbocycles. The van der Waals surface area contributed by atoms with Gasteiger partial charge < -0.3 is 11.3 Å². The van der Waals surface area contributed by atoms with Gasteiger partial charge in [0, 0.05) is 6.61 Å². The van der Waals surface area contributed by atoms with E-state index in [1.165, 1.54) is 0 Å². The maximum Gasteiger partial charge on any atom is 0.316 e. The van der Waals surface area contributed by atoms with Crippen LogP contribution in [0.25, 0.3) is 0 Å². The molecule has 0 unspecified atom stereocenters. The Kier molecular flexibility index (Phi) is 77.5. The van der Waals surface area contributed by atoms with Gasteiger partial charge in [-0.05, 0) is 6.92 Å². The van der Waals surface area contributed by atoms with Crippen molar-refractivity contribution >= 4 is 23.1 Å². The van der Waals surface area contributed by atoms with Crippen LogP contribution in [0.1, 0.15) is 6.92 Å². The number of hydrogen-bond acceptors (Lipinski definition) is 2. The molecule has 0 heterocycles. The van der Waals surface area contributed by atoms with Crippen LogP contribution in [-0.4, -0.2) is 34.8 Å². The van der Waals surface area contributed by atoms with Crippen molar-refractivity contribution in [1.29, 1.82) is 0 Å². The lowest BCUT2D eigenvalue weighted by Gasteiger charge is -1.52. The summed E-state index contributed by atoms with van der Waals surface area (Å²) >= 11 is 0. The maximum atomic E-state index is 7.57. The fourth-order valence-corrected chi connectivity index (χ4v) is 0. The Morgan fingerprint density at radius 2 is 1.60 bits per heavy atom. The van der Waals surface area contributed by atoms with E-state index >= 15 is 0 Å². The van der Waals surface area contributed by atoms with E-state index in [9.17, 15) is 0 Å². The summed E-state index contributed by atoms with van der Waals surface area (Å²) in [5, 5.41) is 7.57. The number of aliphatic hydroxyl groups excluding tert-OH is 1. The van der Waals surface area contributed by atoms with Crippen LogP contribution in [0.2, 0.25) is 0 Å². The molecule has 0 aliphatic carbocycles. The Bertz CT molecular complexity index is 9.61. The summed E-state index contributed by atoms with van der Waals surface area (Å²) < 4.78 is 0. The predicted molar refractivity (Wildman–Crippen MR) is 26.3 cm³/mol. The number of rotatable bonds is 0. The van der Waals surface area contributed by atoms with Gasteiger partial charge >= 0.3 is 23.1 Å². The molecule has 0 rings (SSSR count). The van der Waals surface area contributed by atoms with E-state index in [-0.39, 0.29) is 35.8 Å². The van der Waals surface area contributed by atoms with Crippen LogP contribution in [0.15, 0.2) is 0 Å². The molecule has 0 fully saturated rings.